The van der Waals surface area contributed by atoms with E-state index < -0.39 is 29.3 Å². The Morgan fingerprint density at radius 2 is 1.09 bits per heavy atom. The van der Waals surface area contributed by atoms with E-state index in [4.69, 9.17) is 9.47 Å². The minimum absolute atomic E-state index is 0.0520. The number of hydrogen-bond donors (Lipinski definition) is 0. The van der Waals surface area contributed by atoms with Gasteiger partial charge in [0, 0.05) is 12.8 Å². The van der Waals surface area contributed by atoms with Gasteiger partial charge < -0.3 is 18.9 Å². The molecule has 0 amide bonds. The van der Waals surface area contributed by atoms with Crippen LogP contribution in [0.5, 0.6) is 0 Å². The molecule has 0 radical (unpaired) electrons. The molecule has 0 unspecified atom stereocenters. The first-order valence-corrected chi connectivity index (χ1v) is 7.36. The van der Waals surface area contributed by atoms with Crippen molar-refractivity contribution in [2.75, 3.05) is 27.4 Å². The first-order valence-electron chi connectivity index (χ1n) is 7.36. The van der Waals surface area contributed by atoms with Crippen LogP contribution in [-0.2, 0) is 38.1 Å². The van der Waals surface area contributed by atoms with Crippen molar-refractivity contribution in [3.05, 3.63) is 0 Å². The zero-order valence-electron chi connectivity index (χ0n) is 14.0. The molecule has 23 heavy (non-hydrogen) atoms. The highest BCUT2D eigenvalue weighted by atomic mass is 16.6. The lowest BCUT2D eigenvalue weighted by atomic mass is 9.78. The van der Waals surface area contributed by atoms with E-state index in [-0.39, 0.29) is 38.9 Å². The molecule has 0 fully saturated rings. The lowest BCUT2D eigenvalue weighted by molar-refractivity contribution is -0.174. The fraction of sp³-hybridized carbons (Fsp3) is 0.733. The summed E-state index contributed by atoms with van der Waals surface area (Å²) in [6.45, 7) is 3.29. The lowest BCUT2D eigenvalue weighted by Gasteiger charge is -2.28. The molecule has 8 heteroatoms. The van der Waals surface area contributed by atoms with Gasteiger partial charge in [-0.2, -0.15) is 0 Å². The Morgan fingerprint density at radius 3 is 1.35 bits per heavy atom. The van der Waals surface area contributed by atoms with Crippen LogP contribution in [0.2, 0.25) is 0 Å². The number of ether oxygens (including phenoxy) is 4. The van der Waals surface area contributed by atoms with Crippen molar-refractivity contribution in [3.8, 4) is 0 Å². The zero-order valence-corrected chi connectivity index (χ0v) is 14.0. The number of esters is 4. The summed E-state index contributed by atoms with van der Waals surface area (Å²) in [5.41, 5.74) is -1.74. The number of hydrogen-bond acceptors (Lipinski definition) is 8. The van der Waals surface area contributed by atoms with E-state index in [1.807, 2.05) is 0 Å². The first-order chi connectivity index (χ1) is 10.9. The van der Waals surface area contributed by atoms with Gasteiger partial charge in [-0.25, -0.2) is 0 Å². The molecule has 0 saturated carbocycles. The van der Waals surface area contributed by atoms with Crippen molar-refractivity contribution in [2.45, 2.75) is 39.5 Å². The second-order valence-electron chi connectivity index (χ2n) is 4.68. The Bertz CT molecular complexity index is 389. The van der Waals surface area contributed by atoms with Crippen LogP contribution in [-0.4, -0.2) is 51.3 Å². The fourth-order valence-electron chi connectivity index (χ4n) is 1.99. The molecule has 0 heterocycles. The van der Waals surface area contributed by atoms with Gasteiger partial charge in [-0.3, -0.25) is 19.2 Å². The molecule has 0 atom stereocenters. The van der Waals surface area contributed by atoms with Crippen LogP contribution < -0.4 is 0 Å². The summed E-state index contributed by atoms with van der Waals surface area (Å²) in [5.74, 6) is -2.82. The molecular formula is C15H24O8. The average molecular weight is 332 g/mol. The predicted molar refractivity (Wildman–Crippen MR) is 78.2 cm³/mol. The summed E-state index contributed by atoms with van der Waals surface area (Å²) in [6.07, 6.45) is -0.715. The molecule has 0 rings (SSSR count). The Kier molecular flexibility index (Phi) is 9.60. The topological polar surface area (TPSA) is 105 Å². The summed E-state index contributed by atoms with van der Waals surface area (Å²) in [5, 5.41) is 0. The van der Waals surface area contributed by atoms with Crippen LogP contribution in [0, 0.1) is 5.41 Å². The normalized spacial score (nSPS) is 10.6. The van der Waals surface area contributed by atoms with Gasteiger partial charge in [0.15, 0.2) is 5.41 Å². The molecule has 0 aliphatic carbocycles. The molecule has 0 saturated heterocycles. The van der Waals surface area contributed by atoms with E-state index in [0.717, 1.165) is 0 Å². The minimum Gasteiger partial charge on any atom is -0.469 e. The number of carbonyl (C=O) groups is 4. The third-order valence-corrected chi connectivity index (χ3v) is 3.30. The lowest BCUT2D eigenvalue weighted by Crippen LogP contribution is -2.43. The molecule has 0 aliphatic heterocycles. The summed E-state index contributed by atoms with van der Waals surface area (Å²) in [4.78, 5) is 47.5. The quantitative estimate of drug-likeness (QED) is 0.331. The fourth-order valence-corrected chi connectivity index (χ4v) is 1.99. The molecule has 0 aliphatic rings. The van der Waals surface area contributed by atoms with Gasteiger partial charge in [-0.15, -0.1) is 0 Å². The average Bonchev–Trinajstić information content (AvgIpc) is 2.54. The molecule has 0 N–H and O–H groups in total. The van der Waals surface area contributed by atoms with Crippen molar-refractivity contribution in [2.24, 2.45) is 5.41 Å². The van der Waals surface area contributed by atoms with Gasteiger partial charge >= 0.3 is 23.9 Å². The summed E-state index contributed by atoms with van der Waals surface area (Å²) in [7, 11) is 2.40. The van der Waals surface area contributed by atoms with Crippen LogP contribution in [0.4, 0.5) is 0 Å². The maximum absolute atomic E-state index is 12.4. The highest BCUT2D eigenvalue weighted by Crippen LogP contribution is 2.34. The van der Waals surface area contributed by atoms with E-state index in [2.05, 4.69) is 9.47 Å². The molecular weight excluding hydrogens is 308 g/mol. The Morgan fingerprint density at radius 1 is 0.739 bits per heavy atom. The number of rotatable bonds is 10. The summed E-state index contributed by atoms with van der Waals surface area (Å²) < 4.78 is 19.0. The Labute approximate surface area is 135 Å². The van der Waals surface area contributed by atoms with Crippen LogP contribution >= 0.6 is 0 Å². The highest BCUT2D eigenvalue weighted by molar-refractivity contribution is 6.00. The monoisotopic (exact) mass is 332 g/mol. The number of methoxy groups -OCH3 is 2. The van der Waals surface area contributed by atoms with E-state index >= 15 is 0 Å². The van der Waals surface area contributed by atoms with Gasteiger partial charge in [-0.1, -0.05) is 0 Å². The van der Waals surface area contributed by atoms with Gasteiger partial charge in [0.25, 0.3) is 0 Å². The van der Waals surface area contributed by atoms with Crippen molar-refractivity contribution < 1.29 is 38.1 Å². The summed E-state index contributed by atoms with van der Waals surface area (Å²) in [6, 6.07) is 0. The Hall–Kier alpha value is -2.12. The molecule has 0 spiro atoms. The van der Waals surface area contributed by atoms with Crippen molar-refractivity contribution >= 4 is 23.9 Å². The van der Waals surface area contributed by atoms with Gasteiger partial charge in [0.1, 0.15) is 0 Å². The van der Waals surface area contributed by atoms with E-state index in [1.54, 1.807) is 13.8 Å². The molecule has 132 valence electrons. The maximum Gasteiger partial charge on any atom is 0.323 e. The maximum atomic E-state index is 12.4. The second kappa shape index (κ2) is 10.6. The SMILES string of the molecule is CCOC(=O)C(CCC(=O)OC)(CCC(=O)OC)C(=O)OCC. The molecule has 0 aromatic carbocycles. The zero-order chi connectivity index (χ0) is 17.9. The van der Waals surface area contributed by atoms with Crippen molar-refractivity contribution in [1.82, 2.24) is 0 Å². The predicted octanol–water partition coefficient (Wildman–Crippen LogP) is 1.01. The van der Waals surface area contributed by atoms with Gasteiger partial charge in [-0.05, 0) is 26.7 Å². The number of carbonyl (C=O) groups excluding carboxylic acids is 4. The van der Waals surface area contributed by atoms with E-state index in [1.165, 1.54) is 14.2 Å². The van der Waals surface area contributed by atoms with Gasteiger partial charge in [0.05, 0.1) is 27.4 Å². The first kappa shape index (κ1) is 20.9. The third-order valence-electron chi connectivity index (χ3n) is 3.30. The van der Waals surface area contributed by atoms with Crippen molar-refractivity contribution in [3.63, 3.8) is 0 Å². The molecule has 8 nitrogen and oxygen atoms in total. The Balaban J connectivity index is 5.48. The van der Waals surface area contributed by atoms with Crippen LogP contribution in [0.1, 0.15) is 39.5 Å². The molecule has 0 aromatic heterocycles. The van der Waals surface area contributed by atoms with Crippen LogP contribution in [0.3, 0.4) is 0 Å². The molecule has 0 aromatic rings. The largest absolute Gasteiger partial charge is 0.469 e. The standard InChI is InChI=1S/C15H24O8/c1-5-22-13(18)15(14(19)23-6-2,9-7-11(16)20-3)10-8-12(17)21-4/h5-10H2,1-4H3. The van der Waals surface area contributed by atoms with E-state index in [0.29, 0.717) is 0 Å². The van der Waals surface area contributed by atoms with E-state index in [9.17, 15) is 19.2 Å². The van der Waals surface area contributed by atoms with Crippen molar-refractivity contribution in [1.29, 1.82) is 0 Å². The van der Waals surface area contributed by atoms with Crippen LogP contribution in [0.15, 0.2) is 0 Å². The third kappa shape index (κ3) is 6.25. The minimum atomic E-state index is -1.74. The smallest absolute Gasteiger partial charge is 0.323 e. The van der Waals surface area contributed by atoms with Gasteiger partial charge in [0.2, 0.25) is 0 Å². The van der Waals surface area contributed by atoms with Crippen LogP contribution in [0.25, 0.3) is 0 Å². The molecule has 0 bridgehead atoms. The second-order valence-corrected chi connectivity index (χ2v) is 4.68. The highest BCUT2D eigenvalue weighted by Gasteiger charge is 2.49. The summed E-state index contributed by atoms with van der Waals surface area (Å²) >= 11 is 0.